The van der Waals surface area contributed by atoms with Crippen LogP contribution in [0.4, 0.5) is 11.6 Å². The third-order valence-corrected chi connectivity index (χ3v) is 3.52. The predicted octanol–water partition coefficient (Wildman–Crippen LogP) is 3.66. The Morgan fingerprint density at radius 1 is 1.17 bits per heavy atom. The van der Waals surface area contributed by atoms with E-state index in [9.17, 15) is 4.79 Å². The molecule has 0 spiro atoms. The van der Waals surface area contributed by atoms with Gasteiger partial charge in [0.1, 0.15) is 5.69 Å². The number of nitrogens with zero attached hydrogens (tertiary/aromatic N) is 3. The molecular formula is C18H24N4O. The molecule has 0 saturated carbocycles. The van der Waals surface area contributed by atoms with Crippen LogP contribution >= 0.6 is 0 Å². The highest BCUT2D eigenvalue weighted by atomic mass is 16.2. The molecule has 1 heterocycles. The summed E-state index contributed by atoms with van der Waals surface area (Å²) in [6, 6.07) is 11.4. The summed E-state index contributed by atoms with van der Waals surface area (Å²) in [5.41, 5.74) is 2.07. The number of hydrogen-bond acceptors (Lipinski definition) is 4. The highest BCUT2D eigenvalue weighted by molar-refractivity contribution is 6.04. The van der Waals surface area contributed by atoms with Crippen molar-refractivity contribution < 1.29 is 4.79 Å². The van der Waals surface area contributed by atoms with Crippen LogP contribution in [0.5, 0.6) is 0 Å². The summed E-state index contributed by atoms with van der Waals surface area (Å²) in [6.07, 6.45) is 2.15. The fourth-order valence-electron chi connectivity index (χ4n) is 2.32. The molecule has 0 radical (unpaired) electrons. The summed E-state index contributed by atoms with van der Waals surface area (Å²) < 4.78 is 0. The van der Waals surface area contributed by atoms with Crippen molar-refractivity contribution in [3.8, 4) is 0 Å². The van der Waals surface area contributed by atoms with E-state index in [2.05, 4.69) is 22.2 Å². The number of unbranched alkanes of at least 4 members (excludes halogenated alkanes) is 1. The molecular weight excluding hydrogens is 288 g/mol. The Kier molecular flexibility index (Phi) is 6.09. The van der Waals surface area contributed by atoms with Crippen molar-refractivity contribution in [1.82, 2.24) is 9.97 Å². The topological polar surface area (TPSA) is 58.1 Å². The molecule has 0 bridgehead atoms. The first-order valence-electron chi connectivity index (χ1n) is 8.12. The number of carbonyl (C=O) groups excluding carboxylic acids is 1. The zero-order chi connectivity index (χ0) is 16.7. The Morgan fingerprint density at radius 2 is 1.91 bits per heavy atom. The first kappa shape index (κ1) is 16.9. The van der Waals surface area contributed by atoms with Gasteiger partial charge in [-0.05, 0) is 38.5 Å². The van der Waals surface area contributed by atoms with Gasteiger partial charge in [-0.3, -0.25) is 4.79 Å². The fourth-order valence-corrected chi connectivity index (χ4v) is 2.32. The molecule has 0 unspecified atom stereocenters. The number of nitrogens with one attached hydrogen (secondary N) is 1. The maximum absolute atomic E-state index is 12.8. The van der Waals surface area contributed by atoms with Crippen LogP contribution in [0.1, 0.15) is 42.9 Å². The van der Waals surface area contributed by atoms with Crippen LogP contribution in [0, 0.1) is 6.92 Å². The summed E-state index contributed by atoms with van der Waals surface area (Å²) in [5.74, 6) is 0.411. The van der Waals surface area contributed by atoms with Crippen LogP contribution in [0.2, 0.25) is 0 Å². The van der Waals surface area contributed by atoms with Gasteiger partial charge in [-0.15, -0.1) is 0 Å². The second-order valence-electron chi connectivity index (χ2n) is 5.38. The molecule has 5 heteroatoms. The quantitative estimate of drug-likeness (QED) is 0.793. The maximum atomic E-state index is 12.8. The number of carbonyl (C=O) groups is 1. The van der Waals surface area contributed by atoms with Crippen LogP contribution in [0.25, 0.3) is 0 Å². The standard InChI is InChI=1S/C18H24N4O/c1-4-6-12-19-18-20-14(3)13-16(21-18)17(23)22(5-2)15-10-8-7-9-11-15/h7-11,13H,4-6,12H2,1-3H3,(H,19,20,21). The third kappa shape index (κ3) is 4.52. The van der Waals surface area contributed by atoms with E-state index in [0.717, 1.165) is 30.8 Å². The van der Waals surface area contributed by atoms with Gasteiger partial charge in [0.05, 0.1) is 0 Å². The number of benzene rings is 1. The van der Waals surface area contributed by atoms with Crippen molar-refractivity contribution in [3.63, 3.8) is 0 Å². The molecule has 0 atom stereocenters. The smallest absolute Gasteiger partial charge is 0.277 e. The molecule has 2 rings (SSSR count). The number of rotatable bonds is 7. The van der Waals surface area contributed by atoms with E-state index in [0.29, 0.717) is 18.2 Å². The van der Waals surface area contributed by atoms with Crippen LogP contribution in [0.15, 0.2) is 36.4 Å². The summed E-state index contributed by atoms with van der Waals surface area (Å²) in [6.45, 7) is 7.36. The van der Waals surface area contributed by atoms with Crippen molar-refractivity contribution >= 4 is 17.5 Å². The predicted molar refractivity (Wildman–Crippen MR) is 94.0 cm³/mol. The minimum atomic E-state index is -0.109. The van der Waals surface area contributed by atoms with Gasteiger partial charge in [-0.25, -0.2) is 9.97 Å². The fraction of sp³-hybridized carbons (Fsp3) is 0.389. The number of amides is 1. The van der Waals surface area contributed by atoms with E-state index in [1.165, 1.54) is 0 Å². The Labute approximate surface area is 137 Å². The molecule has 1 aromatic heterocycles. The minimum absolute atomic E-state index is 0.109. The average Bonchev–Trinajstić information content (AvgIpc) is 2.56. The zero-order valence-electron chi connectivity index (χ0n) is 14.0. The number of hydrogen-bond donors (Lipinski definition) is 1. The number of aryl methyl sites for hydroxylation is 1. The molecule has 0 saturated heterocycles. The van der Waals surface area contributed by atoms with Gasteiger partial charge in [0.2, 0.25) is 5.95 Å². The summed E-state index contributed by atoms with van der Waals surface area (Å²) in [4.78, 5) is 23.3. The maximum Gasteiger partial charge on any atom is 0.277 e. The lowest BCUT2D eigenvalue weighted by molar-refractivity contribution is 0.0983. The Balaban J connectivity index is 2.23. The first-order chi connectivity index (χ1) is 11.2. The molecule has 0 fully saturated rings. The summed E-state index contributed by atoms with van der Waals surface area (Å²) in [7, 11) is 0. The normalized spacial score (nSPS) is 10.4. The van der Waals surface area contributed by atoms with Crippen molar-refractivity contribution in [2.45, 2.75) is 33.6 Å². The summed E-state index contributed by atoms with van der Waals surface area (Å²) >= 11 is 0. The van der Waals surface area contributed by atoms with Gasteiger partial charge in [0.15, 0.2) is 0 Å². The molecule has 0 aliphatic carbocycles. The molecule has 2 aromatic rings. The van der Waals surface area contributed by atoms with E-state index >= 15 is 0 Å². The van der Waals surface area contributed by atoms with Crippen LogP contribution in [-0.4, -0.2) is 29.0 Å². The van der Waals surface area contributed by atoms with E-state index in [1.807, 2.05) is 44.2 Å². The molecule has 1 N–H and O–H groups in total. The van der Waals surface area contributed by atoms with Crippen molar-refractivity contribution in [3.05, 3.63) is 47.8 Å². The SMILES string of the molecule is CCCCNc1nc(C)cc(C(=O)N(CC)c2ccccc2)n1. The van der Waals surface area contributed by atoms with E-state index in [-0.39, 0.29) is 5.91 Å². The minimum Gasteiger partial charge on any atom is -0.354 e. The highest BCUT2D eigenvalue weighted by Crippen LogP contribution is 2.17. The van der Waals surface area contributed by atoms with E-state index in [1.54, 1.807) is 11.0 Å². The Morgan fingerprint density at radius 3 is 2.57 bits per heavy atom. The van der Waals surface area contributed by atoms with Gasteiger partial charge in [0, 0.05) is 24.5 Å². The van der Waals surface area contributed by atoms with Crippen molar-refractivity contribution in [2.75, 3.05) is 23.3 Å². The van der Waals surface area contributed by atoms with Gasteiger partial charge in [-0.1, -0.05) is 31.5 Å². The molecule has 5 nitrogen and oxygen atoms in total. The van der Waals surface area contributed by atoms with Crippen LogP contribution in [-0.2, 0) is 0 Å². The highest BCUT2D eigenvalue weighted by Gasteiger charge is 2.18. The Hall–Kier alpha value is -2.43. The van der Waals surface area contributed by atoms with Gasteiger partial charge >= 0.3 is 0 Å². The summed E-state index contributed by atoms with van der Waals surface area (Å²) in [5, 5.41) is 3.19. The lowest BCUT2D eigenvalue weighted by atomic mass is 10.2. The van der Waals surface area contributed by atoms with Gasteiger partial charge in [0.25, 0.3) is 5.91 Å². The van der Waals surface area contributed by atoms with Crippen molar-refractivity contribution in [1.29, 1.82) is 0 Å². The van der Waals surface area contributed by atoms with E-state index < -0.39 is 0 Å². The third-order valence-electron chi connectivity index (χ3n) is 3.52. The van der Waals surface area contributed by atoms with Crippen molar-refractivity contribution in [2.24, 2.45) is 0 Å². The molecule has 0 aliphatic heterocycles. The molecule has 1 amide bonds. The monoisotopic (exact) mass is 312 g/mol. The van der Waals surface area contributed by atoms with Crippen LogP contribution < -0.4 is 10.2 Å². The zero-order valence-corrected chi connectivity index (χ0v) is 14.0. The molecule has 1 aromatic carbocycles. The van der Waals surface area contributed by atoms with Gasteiger partial charge in [-0.2, -0.15) is 0 Å². The number of para-hydroxylation sites is 1. The molecule has 23 heavy (non-hydrogen) atoms. The Bertz CT molecular complexity index is 643. The van der Waals surface area contributed by atoms with Gasteiger partial charge < -0.3 is 10.2 Å². The number of aromatic nitrogens is 2. The molecule has 122 valence electrons. The second kappa shape index (κ2) is 8.27. The molecule has 0 aliphatic rings. The number of anilines is 2. The second-order valence-corrected chi connectivity index (χ2v) is 5.38. The van der Waals surface area contributed by atoms with E-state index in [4.69, 9.17) is 0 Å². The van der Waals surface area contributed by atoms with Crippen LogP contribution in [0.3, 0.4) is 0 Å². The lowest BCUT2D eigenvalue weighted by Gasteiger charge is -2.21. The first-order valence-corrected chi connectivity index (χ1v) is 8.12. The average molecular weight is 312 g/mol. The largest absolute Gasteiger partial charge is 0.354 e. The lowest BCUT2D eigenvalue weighted by Crippen LogP contribution is -2.31.